The smallest absolute Gasteiger partial charge is 0.162 e. The van der Waals surface area contributed by atoms with E-state index in [-0.39, 0.29) is 6.04 Å². The lowest BCUT2D eigenvalue weighted by molar-refractivity contribution is 0.112. The van der Waals surface area contributed by atoms with Gasteiger partial charge in [-0.3, -0.25) is 9.48 Å². The number of aryl methyl sites for hydroxylation is 1. The second-order valence-electron chi connectivity index (χ2n) is 3.82. The highest BCUT2D eigenvalue weighted by molar-refractivity contribution is 7.13. The first-order valence-electron chi connectivity index (χ1n) is 5.10. The van der Waals surface area contributed by atoms with Crippen LogP contribution in [0.2, 0.25) is 0 Å². The molecule has 2 rings (SSSR count). The van der Waals surface area contributed by atoms with E-state index in [1.807, 2.05) is 17.7 Å². The van der Waals surface area contributed by atoms with Gasteiger partial charge in [-0.25, -0.2) is 4.98 Å². The van der Waals surface area contributed by atoms with Gasteiger partial charge in [-0.1, -0.05) is 0 Å². The molecular weight excluding hydrogens is 222 g/mol. The Morgan fingerprint density at radius 1 is 1.50 bits per heavy atom. The van der Waals surface area contributed by atoms with Crippen molar-refractivity contribution in [1.29, 1.82) is 0 Å². The van der Waals surface area contributed by atoms with Gasteiger partial charge in [0, 0.05) is 12.2 Å². The third-order valence-corrected chi connectivity index (χ3v) is 3.17. The number of hydrogen-bond acceptors (Lipinski definition) is 4. The second-order valence-corrected chi connectivity index (χ2v) is 5.05. The van der Waals surface area contributed by atoms with Crippen LogP contribution in [0.5, 0.6) is 0 Å². The lowest BCUT2D eigenvalue weighted by atomic mass is 10.2. The van der Waals surface area contributed by atoms with Gasteiger partial charge < -0.3 is 0 Å². The van der Waals surface area contributed by atoms with Crippen LogP contribution < -0.4 is 0 Å². The van der Waals surface area contributed by atoms with Crippen LogP contribution in [0.4, 0.5) is 0 Å². The highest BCUT2D eigenvalue weighted by atomic mass is 32.1. The molecule has 0 atom stereocenters. The zero-order chi connectivity index (χ0) is 11.7. The van der Waals surface area contributed by atoms with Gasteiger partial charge in [-0.05, 0) is 26.8 Å². The van der Waals surface area contributed by atoms with Gasteiger partial charge >= 0.3 is 0 Å². The highest BCUT2D eigenvalue weighted by Gasteiger charge is 2.15. The van der Waals surface area contributed by atoms with Crippen LogP contribution in [-0.2, 0) is 0 Å². The molecule has 84 valence electrons. The largest absolute Gasteiger partial charge is 0.297 e. The van der Waals surface area contributed by atoms with Gasteiger partial charge in [0.25, 0.3) is 0 Å². The van der Waals surface area contributed by atoms with Crippen LogP contribution in [-0.4, -0.2) is 21.1 Å². The van der Waals surface area contributed by atoms with Crippen molar-refractivity contribution < 1.29 is 4.79 Å². The normalized spacial score (nSPS) is 11.0. The SMILES string of the molecule is Cc1nc(-c2ccnn2C(C)C)c(C=O)s1. The molecule has 0 spiro atoms. The first-order valence-corrected chi connectivity index (χ1v) is 5.91. The van der Waals surface area contributed by atoms with Crippen molar-refractivity contribution in [2.75, 3.05) is 0 Å². The van der Waals surface area contributed by atoms with Crippen LogP contribution in [0, 0.1) is 6.92 Å². The van der Waals surface area contributed by atoms with E-state index in [0.717, 1.165) is 22.7 Å². The van der Waals surface area contributed by atoms with Crippen LogP contribution in [0.25, 0.3) is 11.4 Å². The van der Waals surface area contributed by atoms with Gasteiger partial charge in [-0.2, -0.15) is 5.10 Å². The van der Waals surface area contributed by atoms with Crippen molar-refractivity contribution in [3.05, 3.63) is 22.1 Å². The molecule has 0 unspecified atom stereocenters. The van der Waals surface area contributed by atoms with E-state index in [2.05, 4.69) is 23.9 Å². The molecule has 0 aliphatic heterocycles. The van der Waals surface area contributed by atoms with Crippen LogP contribution >= 0.6 is 11.3 Å². The predicted octanol–water partition coefficient (Wildman–Crippen LogP) is 2.71. The standard InChI is InChI=1S/C11H13N3OS/c1-7(2)14-9(4-5-12-14)11-10(6-15)16-8(3)13-11/h4-7H,1-3H3. The molecule has 0 fully saturated rings. The maximum atomic E-state index is 11.0. The van der Waals surface area contributed by atoms with Gasteiger partial charge in [0.1, 0.15) is 5.69 Å². The molecule has 0 N–H and O–H groups in total. The van der Waals surface area contributed by atoms with E-state index in [4.69, 9.17) is 0 Å². The fourth-order valence-electron chi connectivity index (χ4n) is 1.62. The summed E-state index contributed by atoms with van der Waals surface area (Å²) in [7, 11) is 0. The third-order valence-electron chi connectivity index (χ3n) is 2.27. The molecule has 0 radical (unpaired) electrons. The summed E-state index contributed by atoms with van der Waals surface area (Å²) in [6.07, 6.45) is 2.59. The summed E-state index contributed by atoms with van der Waals surface area (Å²) >= 11 is 1.41. The average molecular weight is 235 g/mol. The Bertz CT molecular complexity index is 513. The van der Waals surface area contributed by atoms with E-state index >= 15 is 0 Å². The monoisotopic (exact) mass is 235 g/mol. The average Bonchev–Trinajstić information content (AvgIpc) is 2.82. The first kappa shape index (κ1) is 11.0. The molecule has 0 aliphatic rings. The van der Waals surface area contributed by atoms with Crippen molar-refractivity contribution in [2.45, 2.75) is 26.8 Å². The van der Waals surface area contributed by atoms with E-state index in [1.54, 1.807) is 6.20 Å². The number of nitrogens with zero attached hydrogens (tertiary/aromatic N) is 3. The zero-order valence-electron chi connectivity index (χ0n) is 9.47. The number of thiazole rings is 1. The number of carbonyl (C=O) groups excluding carboxylic acids is 1. The number of rotatable bonds is 3. The van der Waals surface area contributed by atoms with E-state index < -0.39 is 0 Å². The lowest BCUT2D eigenvalue weighted by Crippen LogP contribution is -2.05. The number of aromatic nitrogens is 3. The molecule has 0 amide bonds. The molecule has 0 saturated heterocycles. The summed E-state index contributed by atoms with van der Waals surface area (Å²) in [4.78, 5) is 16.0. The van der Waals surface area contributed by atoms with E-state index in [9.17, 15) is 4.79 Å². The van der Waals surface area contributed by atoms with Crippen LogP contribution in [0.3, 0.4) is 0 Å². The summed E-state index contributed by atoms with van der Waals surface area (Å²) < 4.78 is 1.88. The Morgan fingerprint density at radius 3 is 2.88 bits per heavy atom. The fourth-order valence-corrected chi connectivity index (χ4v) is 2.37. The van der Waals surface area contributed by atoms with Gasteiger partial charge in [-0.15, -0.1) is 11.3 Å². The second kappa shape index (κ2) is 4.17. The molecular formula is C11H13N3OS. The molecule has 16 heavy (non-hydrogen) atoms. The van der Waals surface area contributed by atoms with Crippen molar-refractivity contribution in [2.24, 2.45) is 0 Å². The first-order chi connectivity index (χ1) is 7.63. The fraction of sp³-hybridized carbons (Fsp3) is 0.364. The molecule has 2 aromatic heterocycles. The molecule has 0 aromatic carbocycles. The molecule has 0 bridgehead atoms. The summed E-state index contributed by atoms with van der Waals surface area (Å²) in [5, 5.41) is 5.14. The topological polar surface area (TPSA) is 47.8 Å². The number of aldehydes is 1. The predicted molar refractivity (Wildman–Crippen MR) is 63.8 cm³/mol. The van der Waals surface area contributed by atoms with Crippen molar-refractivity contribution in [3.63, 3.8) is 0 Å². The molecule has 4 nitrogen and oxygen atoms in total. The highest BCUT2D eigenvalue weighted by Crippen LogP contribution is 2.27. The Kier molecular flexibility index (Phi) is 2.87. The van der Waals surface area contributed by atoms with Gasteiger partial charge in [0.15, 0.2) is 6.29 Å². The summed E-state index contributed by atoms with van der Waals surface area (Å²) in [5.41, 5.74) is 1.64. The Balaban J connectivity index is 2.57. The Labute approximate surface area is 97.9 Å². The molecule has 2 heterocycles. The van der Waals surface area contributed by atoms with Crippen molar-refractivity contribution in [3.8, 4) is 11.4 Å². The van der Waals surface area contributed by atoms with Crippen molar-refractivity contribution >= 4 is 17.6 Å². The molecule has 5 heteroatoms. The maximum Gasteiger partial charge on any atom is 0.162 e. The minimum atomic E-state index is 0.256. The molecule has 2 aromatic rings. The quantitative estimate of drug-likeness (QED) is 0.768. The Morgan fingerprint density at radius 2 is 2.25 bits per heavy atom. The third kappa shape index (κ3) is 1.78. The lowest BCUT2D eigenvalue weighted by Gasteiger charge is -2.09. The summed E-state index contributed by atoms with van der Waals surface area (Å²) in [5.74, 6) is 0. The van der Waals surface area contributed by atoms with E-state index in [0.29, 0.717) is 4.88 Å². The van der Waals surface area contributed by atoms with Gasteiger partial charge in [0.2, 0.25) is 0 Å². The maximum absolute atomic E-state index is 11.0. The molecule has 0 aliphatic carbocycles. The van der Waals surface area contributed by atoms with Gasteiger partial charge in [0.05, 0.1) is 15.6 Å². The van der Waals surface area contributed by atoms with Crippen LogP contribution in [0.1, 0.15) is 34.6 Å². The summed E-state index contributed by atoms with van der Waals surface area (Å²) in [6, 6.07) is 2.15. The minimum Gasteiger partial charge on any atom is -0.297 e. The van der Waals surface area contributed by atoms with E-state index in [1.165, 1.54) is 11.3 Å². The minimum absolute atomic E-state index is 0.256. The Hall–Kier alpha value is -1.49. The number of hydrogen-bond donors (Lipinski definition) is 0. The van der Waals surface area contributed by atoms with Crippen molar-refractivity contribution in [1.82, 2.24) is 14.8 Å². The van der Waals surface area contributed by atoms with Crippen LogP contribution in [0.15, 0.2) is 12.3 Å². The summed E-state index contributed by atoms with van der Waals surface area (Å²) in [6.45, 7) is 6.00. The zero-order valence-corrected chi connectivity index (χ0v) is 10.3. The number of carbonyl (C=O) groups is 1. The molecule has 0 saturated carbocycles.